The number of aliphatic imine (C=N–C) groups is 1. The molecule has 1 saturated heterocycles. The highest BCUT2D eigenvalue weighted by atomic mass is 16.7. The van der Waals surface area contributed by atoms with Crippen LogP contribution >= 0.6 is 0 Å². The van der Waals surface area contributed by atoms with Gasteiger partial charge in [-0.25, -0.2) is 4.99 Å². The van der Waals surface area contributed by atoms with Gasteiger partial charge in [0, 0.05) is 12.6 Å². The van der Waals surface area contributed by atoms with Crippen molar-refractivity contribution >= 4 is 6.21 Å². The molecule has 0 aromatic carbocycles. The van der Waals surface area contributed by atoms with Crippen molar-refractivity contribution < 1.29 is 9.47 Å². The van der Waals surface area contributed by atoms with E-state index in [2.05, 4.69) is 11.6 Å². The number of nitrogens with two attached hydrogens (primary N) is 1. The average molecular weight is 224 g/mol. The quantitative estimate of drug-likeness (QED) is 0.726. The van der Waals surface area contributed by atoms with E-state index in [0.717, 1.165) is 32.5 Å². The summed E-state index contributed by atoms with van der Waals surface area (Å²) in [5.41, 5.74) is 6.53. The summed E-state index contributed by atoms with van der Waals surface area (Å²) in [7, 11) is 0. The molecule has 2 N–H and O–H groups in total. The number of nitrogens with zero attached hydrogens (tertiary/aromatic N) is 1. The summed E-state index contributed by atoms with van der Waals surface area (Å²) in [5, 5.41) is 0. The Bertz CT molecular complexity index is 279. The third kappa shape index (κ3) is 5.68. The van der Waals surface area contributed by atoms with Crippen LogP contribution in [0.3, 0.4) is 0 Å². The van der Waals surface area contributed by atoms with Crippen LogP contribution in [-0.4, -0.2) is 25.7 Å². The monoisotopic (exact) mass is 224 g/mol. The van der Waals surface area contributed by atoms with Crippen LogP contribution in [0.5, 0.6) is 0 Å². The molecule has 0 atom stereocenters. The van der Waals surface area contributed by atoms with Crippen molar-refractivity contribution in [2.75, 3.05) is 13.2 Å². The van der Waals surface area contributed by atoms with Crippen molar-refractivity contribution in [1.29, 1.82) is 0 Å². The Labute approximate surface area is 96.8 Å². The molecule has 0 saturated carbocycles. The van der Waals surface area contributed by atoms with Crippen molar-refractivity contribution in [3.05, 3.63) is 24.0 Å². The first kappa shape index (κ1) is 12.9. The van der Waals surface area contributed by atoms with Gasteiger partial charge in [-0.1, -0.05) is 12.2 Å². The van der Waals surface area contributed by atoms with E-state index in [1.807, 2.05) is 13.0 Å². The van der Waals surface area contributed by atoms with Crippen molar-refractivity contribution in [3.8, 4) is 0 Å². The van der Waals surface area contributed by atoms with Gasteiger partial charge in [0.25, 0.3) is 0 Å². The lowest BCUT2D eigenvalue weighted by Gasteiger charge is -2.23. The summed E-state index contributed by atoms with van der Waals surface area (Å²) >= 11 is 0. The number of allylic oxidation sites excluding steroid dienone is 2. The summed E-state index contributed by atoms with van der Waals surface area (Å²) in [5.74, 6) is 0.322. The summed E-state index contributed by atoms with van der Waals surface area (Å²) in [6, 6.07) is 0. The van der Waals surface area contributed by atoms with Gasteiger partial charge in [0.15, 0.2) is 6.29 Å². The zero-order valence-electron chi connectivity index (χ0n) is 9.82. The van der Waals surface area contributed by atoms with E-state index in [1.165, 1.54) is 5.57 Å². The first-order chi connectivity index (χ1) is 7.68. The van der Waals surface area contributed by atoms with Crippen LogP contribution in [0.15, 0.2) is 29.0 Å². The minimum Gasteiger partial charge on any atom is -0.384 e. The number of ether oxygens (including phenoxy) is 2. The summed E-state index contributed by atoms with van der Waals surface area (Å²) in [6.07, 6.45) is 6.38. The third-order valence-electron chi connectivity index (χ3n) is 2.27. The lowest BCUT2D eigenvalue weighted by atomic mass is 10.1. The molecule has 90 valence electrons. The van der Waals surface area contributed by atoms with Crippen LogP contribution < -0.4 is 5.73 Å². The van der Waals surface area contributed by atoms with E-state index >= 15 is 0 Å². The fraction of sp³-hybridized carbons (Fsp3) is 0.583. The lowest BCUT2D eigenvalue weighted by molar-refractivity contribution is -0.180. The molecule has 0 aromatic heterocycles. The van der Waals surface area contributed by atoms with E-state index in [-0.39, 0.29) is 6.29 Å². The van der Waals surface area contributed by atoms with Crippen LogP contribution in [0.2, 0.25) is 0 Å². The van der Waals surface area contributed by atoms with Crippen LogP contribution in [0.1, 0.15) is 26.2 Å². The van der Waals surface area contributed by atoms with Crippen molar-refractivity contribution in [2.24, 2.45) is 10.7 Å². The maximum absolute atomic E-state index is 5.45. The minimum absolute atomic E-state index is 0.0430. The smallest absolute Gasteiger partial charge is 0.157 e. The molecule has 1 heterocycles. The zero-order chi connectivity index (χ0) is 11.8. The predicted octanol–water partition coefficient (Wildman–Crippen LogP) is 1.98. The fourth-order valence-corrected chi connectivity index (χ4v) is 1.39. The predicted molar refractivity (Wildman–Crippen MR) is 65.1 cm³/mol. The largest absolute Gasteiger partial charge is 0.384 e. The number of rotatable bonds is 5. The molecule has 0 aliphatic carbocycles. The van der Waals surface area contributed by atoms with Gasteiger partial charge in [0.1, 0.15) is 5.82 Å². The molecule has 1 aliphatic rings. The van der Waals surface area contributed by atoms with Crippen molar-refractivity contribution in [3.63, 3.8) is 0 Å². The highest BCUT2D eigenvalue weighted by Gasteiger charge is 2.13. The van der Waals surface area contributed by atoms with Gasteiger partial charge in [-0.2, -0.15) is 0 Å². The van der Waals surface area contributed by atoms with Crippen molar-refractivity contribution in [2.45, 2.75) is 32.5 Å². The van der Waals surface area contributed by atoms with E-state index in [0.29, 0.717) is 5.82 Å². The topological polar surface area (TPSA) is 56.8 Å². The molecule has 0 aromatic rings. The molecule has 1 fully saturated rings. The van der Waals surface area contributed by atoms with Gasteiger partial charge in [-0.3, -0.25) is 0 Å². The zero-order valence-corrected chi connectivity index (χ0v) is 9.82. The molecule has 0 amide bonds. The molecule has 0 radical (unpaired) electrons. The molecule has 4 nitrogen and oxygen atoms in total. The number of hydrogen-bond donors (Lipinski definition) is 1. The van der Waals surface area contributed by atoms with E-state index in [9.17, 15) is 0 Å². The van der Waals surface area contributed by atoms with Gasteiger partial charge in [-0.05, 0) is 25.8 Å². The van der Waals surface area contributed by atoms with Gasteiger partial charge in [0.2, 0.25) is 0 Å². The Morgan fingerprint density at radius 1 is 1.50 bits per heavy atom. The van der Waals surface area contributed by atoms with Gasteiger partial charge < -0.3 is 15.2 Å². The maximum Gasteiger partial charge on any atom is 0.157 e. The minimum atomic E-state index is -0.0430. The lowest BCUT2D eigenvalue weighted by Crippen LogP contribution is -2.24. The molecule has 1 aliphatic heterocycles. The molecular formula is C12H20N2O2. The molecule has 0 bridgehead atoms. The first-order valence-corrected chi connectivity index (χ1v) is 5.56. The fourth-order valence-electron chi connectivity index (χ4n) is 1.39. The molecule has 0 unspecified atom stereocenters. The second-order valence-electron chi connectivity index (χ2n) is 3.85. The Kier molecular flexibility index (Phi) is 5.82. The summed E-state index contributed by atoms with van der Waals surface area (Å²) in [6.45, 7) is 7.15. The molecular weight excluding hydrogens is 204 g/mol. The highest BCUT2D eigenvalue weighted by Crippen LogP contribution is 2.13. The first-order valence-electron chi connectivity index (χ1n) is 5.56. The standard InChI is InChI=1S/C12H20N2O2/c1-10(6-7-14-11(2)13)4-5-12-15-8-3-9-16-12/h6-7,12H,2-5,8-9,13H2,1H3/b10-6+,14-7?. The van der Waals surface area contributed by atoms with E-state index in [4.69, 9.17) is 15.2 Å². The van der Waals surface area contributed by atoms with Gasteiger partial charge in [-0.15, -0.1) is 0 Å². The summed E-state index contributed by atoms with van der Waals surface area (Å²) in [4.78, 5) is 3.88. The Morgan fingerprint density at radius 2 is 2.19 bits per heavy atom. The van der Waals surface area contributed by atoms with Crippen molar-refractivity contribution in [1.82, 2.24) is 0 Å². The van der Waals surface area contributed by atoms with Gasteiger partial charge in [0.05, 0.1) is 13.2 Å². The normalized spacial score (nSPS) is 19.2. The Balaban J connectivity index is 2.22. The van der Waals surface area contributed by atoms with E-state index in [1.54, 1.807) is 6.21 Å². The van der Waals surface area contributed by atoms with Crippen LogP contribution in [0, 0.1) is 0 Å². The van der Waals surface area contributed by atoms with E-state index < -0.39 is 0 Å². The maximum atomic E-state index is 5.45. The highest BCUT2D eigenvalue weighted by molar-refractivity contribution is 5.72. The number of hydrogen-bond acceptors (Lipinski definition) is 4. The Hall–Kier alpha value is -1.13. The van der Waals surface area contributed by atoms with Gasteiger partial charge >= 0.3 is 0 Å². The van der Waals surface area contributed by atoms with Crippen LogP contribution in [0.25, 0.3) is 0 Å². The molecule has 16 heavy (non-hydrogen) atoms. The molecule has 4 heteroatoms. The molecule has 1 rings (SSSR count). The van der Waals surface area contributed by atoms with Crippen LogP contribution in [0.4, 0.5) is 0 Å². The SMILES string of the molecule is C=C(N)N=C/C=C(\C)CCC1OCCCO1. The Morgan fingerprint density at radius 3 is 2.81 bits per heavy atom. The molecule has 0 spiro atoms. The summed E-state index contributed by atoms with van der Waals surface area (Å²) < 4.78 is 10.9. The second kappa shape index (κ2) is 7.19. The van der Waals surface area contributed by atoms with Crippen LogP contribution in [-0.2, 0) is 9.47 Å². The third-order valence-corrected chi connectivity index (χ3v) is 2.27. The average Bonchev–Trinajstić information content (AvgIpc) is 2.27. The second-order valence-corrected chi connectivity index (χ2v) is 3.85.